The first-order valence-corrected chi connectivity index (χ1v) is 7.73. The Hall–Kier alpha value is -2.02. The number of hydrogen-bond acceptors (Lipinski definition) is 4. The summed E-state index contributed by atoms with van der Waals surface area (Å²) in [6, 6.07) is 14.6. The molecule has 112 valence electrons. The molecule has 0 fully saturated rings. The highest BCUT2D eigenvalue weighted by atomic mass is 127. The van der Waals surface area contributed by atoms with E-state index >= 15 is 0 Å². The van der Waals surface area contributed by atoms with Crippen LogP contribution in [0, 0.1) is 3.57 Å². The van der Waals surface area contributed by atoms with Gasteiger partial charge < -0.3 is 13.9 Å². The van der Waals surface area contributed by atoms with Gasteiger partial charge in [-0.3, -0.25) is 0 Å². The highest BCUT2D eigenvalue weighted by Gasteiger charge is 2.08. The maximum atomic E-state index is 11.7. The van der Waals surface area contributed by atoms with E-state index in [4.69, 9.17) is 13.9 Å². The molecule has 0 aliphatic rings. The number of benzene rings is 2. The van der Waals surface area contributed by atoms with E-state index in [1.54, 1.807) is 13.2 Å². The minimum atomic E-state index is -0.401. The van der Waals surface area contributed by atoms with Crippen LogP contribution in [0.15, 0.2) is 57.7 Å². The van der Waals surface area contributed by atoms with E-state index < -0.39 is 5.63 Å². The Labute approximate surface area is 140 Å². The van der Waals surface area contributed by atoms with Crippen molar-refractivity contribution in [2.45, 2.75) is 6.61 Å². The predicted octanol–water partition coefficient (Wildman–Crippen LogP) is 3.99. The molecule has 0 bridgehead atoms. The monoisotopic (exact) mass is 408 g/mol. The first kappa shape index (κ1) is 14.9. The fraction of sp³-hybridized carbons (Fsp3) is 0.118. The molecule has 2 aromatic carbocycles. The summed E-state index contributed by atoms with van der Waals surface area (Å²) in [7, 11) is 1.57. The van der Waals surface area contributed by atoms with Gasteiger partial charge in [0.15, 0.2) is 0 Å². The van der Waals surface area contributed by atoms with Crippen molar-refractivity contribution in [3.8, 4) is 11.5 Å². The molecule has 0 saturated heterocycles. The van der Waals surface area contributed by atoms with Gasteiger partial charge in [0.2, 0.25) is 0 Å². The molecule has 0 aliphatic carbocycles. The van der Waals surface area contributed by atoms with Crippen LogP contribution in [0.3, 0.4) is 0 Å². The van der Waals surface area contributed by atoms with Gasteiger partial charge in [-0.1, -0.05) is 0 Å². The maximum Gasteiger partial charge on any atom is 0.336 e. The van der Waals surface area contributed by atoms with E-state index in [9.17, 15) is 4.79 Å². The lowest BCUT2D eigenvalue weighted by Gasteiger charge is -2.09. The number of methoxy groups -OCH3 is 1. The van der Waals surface area contributed by atoms with Crippen molar-refractivity contribution in [1.82, 2.24) is 0 Å². The third kappa shape index (κ3) is 3.24. The van der Waals surface area contributed by atoms with Crippen LogP contribution in [0.2, 0.25) is 0 Å². The third-order valence-corrected chi connectivity index (χ3v) is 3.96. The van der Waals surface area contributed by atoms with Crippen molar-refractivity contribution >= 4 is 33.6 Å². The lowest BCUT2D eigenvalue weighted by molar-refractivity contribution is 0.306. The number of fused-ring (bicyclic) bond motifs is 1. The van der Waals surface area contributed by atoms with Gasteiger partial charge in [-0.05, 0) is 59.0 Å². The highest BCUT2D eigenvalue weighted by Crippen LogP contribution is 2.23. The zero-order valence-corrected chi connectivity index (χ0v) is 14.0. The van der Waals surface area contributed by atoms with E-state index in [1.807, 2.05) is 36.4 Å². The van der Waals surface area contributed by atoms with Crippen LogP contribution in [-0.4, -0.2) is 7.11 Å². The van der Waals surface area contributed by atoms with Crippen LogP contribution in [0.25, 0.3) is 11.0 Å². The largest absolute Gasteiger partial charge is 0.497 e. The fourth-order valence-electron chi connectivity index (χ4n) is 2.15. The number of ether oxygens (including phenoxy) is 2. The second kappa shape index (κ2) is 6.39. The molecule has 0 atom stereocenters. The van der Waals surface area contributed by atoms with Crippen LogP contribution in [0.5, 0.6) is 11.5 Å². The molecule has 0 aliphatic heterocycles. The first-order valence-electron chi connectivity index (χ1n) is 6.65. The van der Waals surface area contributed by atoms with Crippen molar-refractivity contribution in [3.05, 3.63) is 68.1 Å². The Kier molecular flexibility index (Phi) is 4.33. The van der Waals surface area contributed by atoms with Crippen LogP contribution < -0.4 is 15.1 Å². The molecule has 3 rings (SSSR count). The van der Waals surface area contributed by atoms with E-state index in [1.165, 1.54) is 6.07 Å². The predicted molar refractivity (Wildman–Crippen MR) is 92.5 cm³/mol. The molecule has 3 aromatic rings. The molecule has 0 N–H and O–H groups in total. The number of halogens is 1. The first-order chi connectivity index (χ1) is 10.7. The molecular formula is C17H13IO4. The summed E-state index contributed by atoms with van der Waals surface area (Å²) in [4.78, 5) is 11.7. The standard InChI is InChI=1S/C17H13IO4/c1-20-14-6-7-15-11(8-17(19)22-16(15)9-14)10-21-13-4-2-12(18)3-5-13/h2-9H,10H2,1H3. The Balaban J connectivity index is 1.92. The Morgan fingerprint density at radius 2 is 1.77 bits per heavy atom. The summed E-state index contributed by atoms with van der Waals surface area (Å²) in [6.07, 6.45) is 0. The molecule has 1 aromatic heterocycles. The van der Waals surface area contributed by atoms with Crippen molar-refractivity contribution in [1.29, 1.82) is 0 Å². The molecule has 0 spiro atoms. The van der Waals surface area contributed by atoms with E-state index in [2.05, 4.69) is 22.6 Å². The molecule has 0 radical (unpaired) electrons. The van der Waals surface area contributed by atoms with E-state index in [0.717, 1.165) is 20.3 Å². The summed E-state index contributed by atoms with van der Waals surface area (Å²) in [5.74, 6) is 1.40. The summed E-state index contributed by atoms with van der Waals surface area (Å²) in [5, 5.41) is 0.839. The second-order valence-electron chi connectivity index (χ2n) is 4.70. The average Bonchev–Trinajstić information content (AvgIpc) is 2.53. The van der Waals surface area contributed by atoms with Gasteiger partial charge >= 0.3 is 5.63 Å². The lowest BCUT2D eigenvalue weighted by atomic mass is 10.1. The van der Waals surface area contributed by atoms with Crippen LogP contribution in [0.4, 0.5) is 0 Å². The van der Waals surface area contributed by atoms with Crippen molar-refractivity contribution in [2.75, 3.05) is 7.11 Å². The summed E-state index contributed by atoms with van der Waals surface area (Å²) < 4.78 is 17.3. The molecule has 1 heterocycles. The highest BCUT2D eigenvalue weighted by molar-refractivity contribution is 14.1. The van der Waals surface area contributed by atoms with Gasteiger partial charge in [-0.25, -0.2) is 4.79 Å². The molecular weight excluding hydrogens is 395 g/mol. The lowest BCUT2D eigenvalue weighted by Crippen LogP contribution is -2.04. The van der Waals surface area contributed by atoms with E-state index in [-0.39, 0.29) is 0 Å². The van der Waals surface area contributed by atoms with Crippen molar-refractivity contribution in [2.24, 2.45) is 0 Å². The minimum Gasteiger partial charge on any atom is -0.497 e. The Bertz CT molecular complexity index is 853. The van der Waals surface area contributed by atoms with Gasteiger partial charge in [-0.15, -0.1) is 0 Å². The zero-order valence-electron chi connectivity index (χ0n) is 11.8. The fourth-order valence-corrected chi connectivity index (χ4v) is 2.51. The van der Waals surface area contributed by atoms with Crippen LogP contribution in [0.1, 0.15) is 5.56 Å². The summed E-state index contributed by atoms with van der Waals surface area (Å²) in [6.45, 7) is 0.301. The average molecular weight is 408 g/mol. The quantitative estimate of drug-likeness (QED) is 0.484. The third-order valence-electron chi connectivity index (χ3n) is 3.25. The smallest absolute Gasteiger partial charge is 0.336 e. The second-order valence-corrected chi connectivity index (χ2v) is 5.94. The van der Waals surface area contributed by atoms with E-state index in [0.29, 0.717) is 17.9 Å². The van der Waals surface area contributed by atoms with Crippen molar-refractivity contribution < 1.29 is 13.9 Å². The molecule has 5 heteroatoms. The molecule has 0 amide bonds. The normalized spacial score (nSPS) is 10.6. The number of rotatable bonds is 4. The molecule has 22 heavy (non-hydrogen) atoms. The SMILES string of the molecule is COc1ccc2c(COc3ccc(I)cc3)cc(=O)oc2c1. The molecule has 0 saturated carbocycles. The number of hydrogen-bond donors (Lipinski definition) is 0. The molecule has 0 unspecified atom stereocenters. The maximum absolute atomic E-state index is 11.7. The molecule has 4 nitrogen and oxygen atoms in total. The van der Waals surface area contributed by atoms with Crippen LogP contribution in [-0.2, 0) is 6.61 Å². The van der Waals surface area contributed by atoms with Gasteiger partial charge in [0, 0.05) is 26.7 Å². The zero-order chi connectivity index (χ0) is 15.5. The Morgan fingerprint density at radius 1 is 1.05 bits per heavy atom. The Morgan fingerprint density at radius 3 is 2.50 bits per heavy atom. The van der Waals surface area contributed by atoms with Gasteiger partial charge in [0.05, 0.1) is 7.11 Å². The van der Waals surface area contributed by atoms with Gasteiger partial charge in [0.1, 0.15) is 23.7 Å². The topological polar surface area (TPSA) is 48.7 Å². The van der Waals surface area contributed by atoms with Gasteiger partial charge in [0.25, 0.3) is 0 Å². The van der Waals surface area contributed by atoms with Gasteiger partial charge in [-0.2, -0.15) is 0 Å². The van der Waals surface area contributed by atoms with Crippen LogP contribution >= 0.6 is 22.6 Å². The summed E-state index contributed by atoms with van der Waals surface area (Å²) in [5.41, 5.74) is 0.877. The van der Waals surface area contributed by atoms with Crippen molar-refractivity contribution in [3.63, 3.8) is 0 Å². The minimum absolute atomic E-state index is 0.301. The summed E-state index contributed by atoms with van der Waals surface area (Å²) >= 11 is 2.24.